The molecule has 0 atom stereocenters. The minimum absolute atomic E-state index is 0.0951. The summed E-state index contributed by atoms with van der Waals surface area (Å²) < 4.78 is 0. The molecule has 3 rings (SSSR count). The van der Waals surface area contributed by atoms with Gasteiger partial charge in [0.25, 0.3) is 5.91 Å². The number of benzene rings is 2. The standard InChI is InChI=1S/C24H26N2O/c1-3-5-11-18(10-4-2)20-14-6-7-15-21(20)24(27)26-22-16-8-12-19-13-9-17-25-23(19)22/h6-9,11-17H,3-5,10H2,1-2H3,(H,26,27)/b18-11+. The molecule has 0 saturated heterocycles. The first-order valence-corrected chi connectivity index (χ1v) is 9.68. The molecule has 0 saturated carbocycles. The van der Waals surface area contributed by atoms with E-state index in [2.05, 4.69) is 30.2 Å². The molecule has 138 valence electrons. The fourth-order valence-corrected chi connectivity index (χ4v) is 3.29. The third kappa shape index (κ3) is 4.43. The molecule has 27 heavy (non-hydrogen) atoms. The van der Waals surface area contributed by atoms with Crippen molar-refractivity contribution >= 4 is 28.1 Å². The summed E-state index contributed by atoms with van der Waals surface area (Å²) in [5, 5.41) is 4.08. The minimum atomic E-state index is -0.0951. The van der Waals surface area contributed by atoms with Crippen LogP contribution >= 0.6 is 0 Å². The average Bonchev–Trinajstić information content (AvgIpc) is 2.71. The Labute approximate surface area is 161 Å². The van der Waals surface area contributed by atoms with Crippen molar-refractivity contribution in [2.75, 3.05) is 5.32 Å². The van der Waals surface area contributed by atoms with E-state index in [0.29, 0.717) is 5.56 Å². The second-order valence-corrected chi connectivity index (χ2v) is 6.65. The first-order valence-electron chi connectivity index (χ1n) is 9.68. The smallest absolute Gasteiger partial charge is 0.256 e. The highest BCUT2D eigenvalue weighted by molar-refractivity contribution is 6.10. The lowest BCUT2D eigenvalue weighted by atomic mass is 9.94. The summed E-state index contributed by atoms with van der Waals surface area (Å²) in [6.07, 6.45) is 8.18. The number of aromatic nitrogens is 1. The second kappa shape index (κ2) is 9.13. The topological polar surface area (TPSA) is 42.0 Å². The Balaban J connectivity index is 1.95. The molecule has 2 aromatic carbocycles. The summed E-state index contributed by atoms with van der Waals surface area (Å²) in [4.78, 5) is 17.5. The number of carbonyl (C=O) groups is 1. The van der Waals surface area contributed by atoms with Gasteiger partial charge in [-0.3, -0.25) is 9.78 Å². The number of hydrogen-bond donors (Lipinski definition) is 1. The van der Waals surface area contributed by atoms with Crippen LogP contribution in [0.2, 0.25) is 0 Å². The number of amides is 1. The van der Waals surface area contributed by atoms with Crippen molar-refractivity contribution in [1.29, 1.82) is 0 Å². The number of allylic oxidation sites excluding steroid dienone is 2. The molecule has 1 N–H and O–H groups in total. The van der Waals surface area contributed by atoms with Gasteiger partial charge in [0, 0.05) is 17.1 Å². The molecular formula is C24H26N2O. The largest absolute Gasteiger partial charge is 0.320 e. The van der Waals surface area contributed by atoms with E-state index in [9.17, 15) is 4.79 Å². The van der Waals surface area contributed by atoms with Crippen molar-refractivity contribution in [2.45, 2.75) is 39.5 Å². The van der Waals surface area contributed by atoms with E-state index in [1.165, 1.54) is 5.57 Å². The molecule has 0 spiro atoms. The lowest BCUT2D eigenvalue weighted by Crippen LogP contribution is -2.14. The first-order chi connectivity index (χ1) is 13.2. The van der Waals surface area contributed by atoms with Gasteiger partial charge in [0.05, 0.1) is 11.2 Å². The highest BCUT2D eigenvalue weighted by Gasteiger charge is 2.15. The predicted octanol–water partition coefficient (Wildman–Crippen LogP) is 6.47. The van der Waals surface area contributed by atoms with Crippen LogP contribution in [0.3, 0.4) is 0 Å². The van der Waals surface area contributed by atoms with Gasteiger partial charge in [-0.15, -0.1) is 0 Å². The minimum Gasteiger partial charge on any atom is -0.320 e. The lowest BCUT2D eigenvalue weighted by molar-refractivity contribution is 0.102. The van der Waals surface area contributed by atoms with Crippen LogP contribution in [0.15, 0.2) is 66.9 Å². The van der Waals surface area contributed by atoms with Crippen molar-refractivity contribution in [2.24, 2.45) is 0 Å². The first kappa shape index (κ1) is 18.8. The SMILES string of the molecule is CCC/C=C(\CCC)c1ccccc1C(=O)Nc1cccc2cccnc12. The summed E-state index contributed by atoms with van der Waals surface area (Å²) in [6, 6.07) is 17.6. The second-order valence-electron chi connectivity index (χ2n) is 6.65. The van der Waals surface area contributed by atoms with E-state index < -0.39 is 0 Å². The molecule has 1 aromatic heterocycles. The summed E-state index contributed by atoms with van der Waals surface area (Å²) in [5.41, 5.74) is 4.53. The molecule has 0 aliphatic heterocycles. The van der Waals surface area contributed by atoms with E-state index in [-0.39, 0.29) is 5.91 Å². The monoisotopic (exact) mass is 358 g/mol. The Morgan fingerprint density at radius 1 is 0.963 bits per heavy atom. The molecule has 0 fully saturated rings. The van der Waals surface area contributed by atoms with Crippen molar-refractivity contribution in [3.05, 3.63) is 78.0 Å². The van der Waals surface area contributed by atoms with Crippen LogP contribution in [0, 0.1) is 0 Å². The average molecular weight is 358 g/mol. The number of nitrogens with one attached hydrogen (secondary N) is 1. The zero-order valence-corrected chi connectivity index (χ0v) is 16.0. The van der Waals surface area contributed by atoms with Crippen LogP contribution in [-0.2, 0) is 0 Å². The van der Waals surface area contributed by atoms with E-state index >= 15 is 0 Å². The van der Waals surface area contributed by atoms with Gasteiger partial charge < -0.3 is 5.32 Å². The van der Waals surface area contributed by atoms with Crippen molar-refractivity contribution in [3.63, 3.8) is 0 Å². The Bertz CT molecular complexity index is 954. The molecular weight excluding hydrogens is 332 g/mol. The van der Waals surface area contributed by atoms with Gasteiger partial charge >= 0.3 is 0 Å². The maximum Gasteiger partial charge on any atom is 0.256 e. The molecule has 1 heterocycles. The van der Waals surface area contributed by atoms with E-state index in [0.717, 1.165) is 47.8 Å². The number of pyridine rings is 1. The number of unbranched alkanes of at least 4 members (excludes halogenated alkanes) is 1. The Morgan fingerprint density at radius 3 is 2.52 bits per heavy atom. The van der Waals surface area contributed by atoms with Crippen LogP contribution in [0.4, 0.5) is 5.69 Å². The van der Waals surface area contributed by atoms with Gasteiger partial charge in [-0.2, -0.15) is 0 Å². The number of anilines is 1. The van der Waals surface area contributed by atoms with Gasteiger partial charge in [0.15, 0.2) is 0 Å². The highest BCUT2D eigenvalue weighted by Crippen LogP contribution is 2.27. The Morgan fingerprint density at radius 2 is 1.74 bits per heavy atom. The van der Waals surface area contributed by atoms with Crippen molar-refractivity contribution < 1.29 is 4.79 Å². The zero-order chi connectivity index (χ0) is 19.1. The van der Waals surface area contributed by atoms with Crippen LogP contribution < -0.4 is 5.32 Å². The van der Waals surface area contributed by atoms with Crippen LogP contribution in [0.5, 0.6) is 0 Å². The maximum atomic E-state index is 13.1. The lowest BCUT2D eigenvalue weighted by Gasteiger charge is -2.14. The number of para-hydroxylation sites is 1. The van der Waals surface area contributed by atoms with Gasteiger partial charge in [-0.05, 0) is 42.2 Å². The van der Waals surface area contributed by atoms with Gasteiger partial charge in [0.1, 0.15) is 0 Å². The van der Waals surface area contributed by atoms with Gasteiger partial charge in [0.2, 0.25) is 0 Å². The third-order valence-electron chi connectivity index (χ3n) is 4.60. The summed E-state index contributed by atoms with van der Waals surface area (Å²) >= 11 is 0. The molecule has 0 aliphatic carbocycles. The summed E-state index contributed by atoms with van der Waals surface area (Å²) in [6.45, 7) is 4.34. The Kier molecular flexibility index (Phi) is 6.37. The fourth-order valence-electron chi connectivity index (χ4n) is 3.29. The van der Waals surface area contributed by atoms with Crippen LogP contribution in [0.1, 0.15) is 55.5 Å². The molecule has 0 unspecified atom stereocenters. The molecule has 3 heteroatoms. The molecule has 3 aromatic rings. The Hall–Kier alpha value is -2.94. The van der Waals surface area contributed by atoms with Gasteiger partial charge in [-0.25, -0.2) is 0 Å². The van der Waals surface area contributed by atoms with Gasteiger partial charge in [-0.1, -0.05) is 69.2 Å². The third-order valence-corrected chi connectivity index (χ3v) is 4.60. The molecule has 0 aliphatic rings. The number of nitrogens with zero attached hydrogens (tertiary/aromatic N) is 1. The molecule has 0 bridgehead atoms. The normalized spacial score (nSPS) is 11.6. The summed E-state index contributed by atoms with van der Waals surface area (Å²) in [7, 11) is 0. The van der Waals surface area contributed by atoms with E-state index in [4.69, 9.17) is 0 Å². The van der Waals surface area contributed by atoms with Crippen LogP contribution in [-0.4, -0.2) is 10.9 Å². The van der Waals surface area contributed by atoms with E-state index in [1.807, 2.05) is 54.6 Å². The van der Waals surface area contributed by atoms with Crippen LogP contribution in [0.25, 0.3) is 16.5 Å². The highest BCUT2D eigenvalue weighted by atomic mass is 16.1. The van der Waals surface area contributed by atoms with Crippen molar-refractivity contribution in [3.8, 4) is 0 Å². The maximum absolute atomic E-state index is 13.1. The van der Waals surface area contributed by atoms with Crippen molar-refractivity contribution in [1.82, 2.24) is 4.98 Å². The molecule has 3 nitrogen and oxygen atoms in total. The number of carbonyl (C=O) groups excluding carboxylic acids is 1. The number of fused-ring (bicyclic) bond motifs is 1. The summed E-state index contributed by atoms with van der Waals surface area (Å²) in [5.74, 6) is -0.0951. The molecule has 0 radical (unpaired) electrons. The number of hydrogen-bond acceptors (Lipinski definition) is 2. The fraction of sp³-hybridized carbons (Fsp3) is 0.250. The molecule has 1 amide bonds. The quantitative estimate of drug-likeness (QED) is 0.526. The van der Waals surface area contributed by atoms with E-state index in [1.54, 1.807) is 6.20 Å². The number of rotatable bonds is 7. The predicted molar refractivity (Wildman–Crippen MR) is 114 cm³/mol. The zero-order valence-electron chi connectivity index (χ0n) is 16.0.